The van der Waals surface area contributed by atoms with E-state index in [1.165, 1.54) is 24.3 Å². The first-order valence-electron chi connectivity index (χ1n) is 8.23. The Morgan fingerprint density at radius 1 is 1.25 bits per heavy atom. The van der Waals surface area contributed by atoms with Gasteiger partial charge in [-0.1, -0.05) is 18.2 Å². The Balaban J connectivity index is 1.93. The van der Waals surface area contributed by atoms with E-state index in [0.29, 0.717) is 16.8 Å². The number of carbonyl (C=O) groups excluding carboxylic acids is 2. The molecule has 0 saturated heterocycles. The van der Waals surface area contributed by atoms with Crippen molar-refractivity contribution >= 4 is 23.3 Å². The number of carbonyl (C=O) groups is 2. The number of nitrogens with zero attached hydrogens (tertiary/aromatic N) is 2. The number of hydrogen-bond acceptors (Lipinski definition) is 5. The molecule has 3 N–H and O–H groups in total. The third kappa shape index (κ3) is 3.81. The van der Waals surface area contributed by atoms with E-state index >= 15 is 0 Å². The fourth-order valence-electron chi connectivity index (χ4n) is 2.89. The number of anilines is 1. The third-order valence-electron chi connectivity index (χ3n) is 4.20. The van der Waals surface area contributed by atoms with Gasteiger partial charge in [-0.2, -0.15) is 5.26 Å². The largest absolute Gasteiger partial charge is 0.327 e. The number of urea groups is 1. The van der Waals surface area contributed by atoms with Gasteiger partial charge in [-0.3, -0.25) is 14.9 Å². The lowest BCUT2D eigenvalue weighted by atomic mass is 9.94. The van der Waals surface area contributed by atoms with Crippen LogP contribution in [-0.4, -0.2) is 16.9 Å². The quantitative estimate of drug-likeness (QED) is 0.556. The summed E-state index contributed by atoms with van der Waals surface area (Å²) in [5.41, 5.74) is 1.80. The van der Waals surface area contributed by atoms with Crippen molar-refractivity contribution in [2.75, 3.05) is 5.32 Å². The number of amides is 3. The van der Waals surface area contributed by atoms with E-state index in [2.05, 4.69) is 16.0 Å². The number of nitro benzene ring substituents is 1. The van der Waals surface area contributed by atoms with Crippen LogP contribution in [0.3, 0.4) is 0 Å². The lowest BCUT2D eigenvalue weighted by Gasteiger charge is -2.28. The minimum Gasteiger partial charge on any atom is -0.327 e. The zero-order valence-electron chi connectivity index (χ0n) is 14.7. The molecule has 0 saturated carbocycles. The highest BCUT2D eigenvalue weighted by Gasteiger charge is 2.31. The molecule has 9 heteroatoms. The summed E-state index contributed by atoms with van der Waals surface area (Å²) in [5.74, 6) is -0.514. The normalized spacial score (nSPS) is 15.9. The monoisotopic (exact) mass is 377 g/mol. The fourth-order valence-corrected chi connectivity index (χ4v) is 2.89. The minimum absolute atomic E-state index is 0.151. The summed E-state index contributed by atoms with van der Waals surface area (Å²) in [5, 5.41) is 27.7. The summed E-state index contributed by atoms with van der Waals surface area (Å²) in [6.45, 7) is 1.59. The van der Waals surface area contributed by atoms with E-state index in [9.17, 15) is 19.7 Å². The van der Waals surface area contributed by atoms with Crippen molar-refractivity contribution in [1.82, 2.24) is 10.6 Å². The maximum Gasteiger partial charge on any atom is 0.319 e. The number of nitro groups is 1. The van der Waals surface area contributed by atoms with Crippen molar-refractivity contribution in [3.8, 4) is 6.07 Å². The van der Waals surface area contributed by atoms with Crippen molar-refractivity contribution < 1.29 is 14.5 Å². The molecule has 0 aliphatic carbocycles. The standard InChI is InChI=1S/C19H15N5O4/c1-11-16(18(25)22-14-3-2-4-15(9-14)24(27)28)17(23-19(26)21-11)13-7-5-12(10-20)6-8-13/h2-9,17H,1H3,(H,22,25)(H2,21,23,26)/t17-/m0/s1. The molecular formula is C19H15N5O4. The molecule has 3 rings (SSSR count). The Hall–Kier alpha value is -4.19. The Labute approximate surface area is 159 Å². The molecule has 0 unspecified atom stereocenters. The van der Waals surface area contributed by atoms with Crippen molar-refractivity contribution in [3.63, 3.8) is 0 Å². The smallest absolute Gasteiger partial charge is 0.319 e. The van der Waals surface area contributed by atoms with Gasteiger partial charge in [0.15, 0.2) is 0 Å². The minimum atomic E-state index is -0.736. The van der Waals surface area contributed by atoms with Crippen molar-refractivity contribution in [2.24, 2.45) is 0 Å². The molecular weight excluding hydrogens is 362 g/mol. The number of nitrogens with one attached hydrogen (secondary N) is 3. The van der Waals surface area contributed by atoms with E-state index in [-0.39, 0.29) is 16.9 Å². The summed E-state index contributed by atoms with van der Waals surface area (Å²) in [7, 11) is 0. The Morgan fingerprint density at radius 2 is 1.96 bits per heavy atom. The highest BCUT2D eigenvalue weighted by atomic mass is 16.6. The molecule has 0 spiro atoms. The number of allylic oxidation sites excluding steroid dienone is 1. The van der Waals surface area contributed by atoms with Crippen LogP contribution in [0.2, 0.25) is 0 Å². The maximum absolute atomic E-state index is 12.9. The Bertz CT molecular complexity index is 1040. The fraction of sp³-hybridized carbons (Fsp3) is 0.105. The second-order valence-corrected chi connectivity index (χ2v) is 6.07. The van der Waals surface area contributed by atoms with Gasteiger partial charge in [-0.25, -0.2) is 4.79 Å². The number of nitriles is 1. The number of benzene rings is 2. The van der Waals surface area contributed by atoms with E-state index in [4.69, 9.17) is 5.26 Å². The van der Waals surface area contributed by atoms with Gasteiger partial charge in [0.1, 0.15) is 0 Å². The molecule has 28 heavy (non-hydrogen) atoms. The van der Waals surface area contributed by atoms with Crippen molar-refractivity contribution in [1.29, 1.82) is 5.26 Å². The van der Waals surface area contributed by atoms with E-state index in [0.717, 1.165) is 0 Å². The van der Waals surface area contributed by atoms with Crippen LogP contribution in [0.1, 0.15) is 24.1 Å². The van der Waals surface area contributed by atoms with Crippen molar-refractivity contribution in [3.05, 3.63) is 81.0 Å². The second-order valence-electron chi connectivity index (χ2n) is 6.07. The predicted molar refractivity (Wildman–Crippen MR) is 100.0 cm³/mol. The van der Waals surface area contributed by atoms with Crippen molar-refractivity contribution in [2.45, 2.75) is 13.0 Å². The van der Waals surface area contributed by atoms with Gasteiger partial charge in [0.05, 0.1) is 28.2 Å². The van der Waals surface area contributed by atoms with Crippen LogP contribution in [0, 0.1) is 21.4 Å². The lowest BCUT2D eigenvalue weighted by molar-refractivity contribution is -0.384. The zero-order chi connectivity index (χ0) is 20.3. The second kappa shape index (κ2) is 7.59. The molecule has 9 nitrogen and oxygen atoms in total. The Morgan fingerprint density at radius 3 is 2.61 bits per heavy atom. The average molecular weight is 377 g/mol. The van der Waals surface area contributed by atoms with Gasteiger partial charge >= 0.3 is 6.03 Å². The van der Waals surface area contributed by atoms with Crippen LogP contribution in [0.25, 0.3) is 0 Å². The molecule has 140 valence electrons. The van der Waals surface area contributed by atoms with Crippen LogP contribution in [0.4, 0.5) is 16.2 Å². The Kier molecular flexibility index (Phi) is 5.04. The number of rotatable bonds is 4. The van der Waals surface area contributed by atoms with Crippen LogP contribution in [0.5, 0.6) is 0 Å². The molecule has 1 heterocycles. The number of hydrogen-bond donors (Lipinski definition) is 3. The summed E-state index contributed by atoms with van der Waals surface area (Å²) in [6, 6.07) is 12.9. The molecule has 1 aliphatic heterocycles. The first-order chi connectivity index (χ1) is 13.4. The van der Waals surface area contributed by atoms with Crippen LogP contribution in [0.15, 0.2) is 59.8 Å². The highest BCUT2D eigenvalue weighted by molar-refractivity contribution is 6.06. The number of non-ortho nitro benzene ring substituents is 1. The van der Waals surface area contributed by atoms with Gasteiger partial charge in [0.2, 0.25) is 0 Å². The van der Waals surface area contributed by atoms with Gasteiger partial charge in [0, 0.05) is 23.5 Å². The van der Waals surface area contributed by atoms with E-state index in [1.807, 2.05) is 6.07 Å². The van der Waals surface area contributed by atoms with E-state index < -0.39 is 22.9 Å². The molecule has 3 amide bonds. The van der Waals surface area contributed by atoms with Gasteiger partial charge < -0.3 is 16.0 Å². The summed E-state index contributed by atoms with van der Waals surface area (Å²) >= 11 is 0. The SMILES string of the molecule is CC1=C(C(=O)Nc2cccc([N+](=O)[O-])c2)[C@H](c2ccc(C#N)cc2)NC(=O)N1. The summed E-state index contributed by atoms with van der Waals surface area (Å²) in [6.07, 6.45) is 0. The van der Waals surface area contributed by atoms with Gasteiger partial charge in [-0.05, 0) is 30.7 Å². The molecule has 0 aromatic heterocycles. The molecule has 1 atom stereocenters. The topological polar surface area (TPSA) is 137 Å². The first kappa shape index (κ1) is 18.6. The maximum atomic E-state index is 12.9. The third-order valence-corrected chi connectivity index (χ3v) is 4.20. The van der Waals surface area contributed by atoms with Gasteiger partial charge in [0.25, 0.3) is 11.6 Å². The summed E-state index contributed by atoms with van der Waals surface area (Å²) < 4.78 is 0. The molecule has 0 bridgehead atoms. The lowest BCUT2D eigenvalue weighted by Crippen LogP contribution is -2.45. The van der Waals surface area contributed by atoms with Gasteiger partial charge in [-0.15, -0.1) is 0 Å². The van der Waals surface area contributed by atoms with Crippen LogP contribution in [-0.2, 0) is 4.79 Å². The molecule has 0 fully saturated rings. The molecule has 2 aromatic carbocycles. The predicted octanol–water partition coefficient (Wildman–Crippen LogP) is 2.73. The average Bonchev–Trinajstić information content (AvgIpc) is 2.67. The molecule has 0 radical (unpaired) electrons. The highest BCUT2D eigenvalue weighted by Crippen LogP contribution is 2.28. The van der Waals surface area contributed by atoms with Crippen LogP contribution < -0.4 is 16.0 Å². The first-order valence-corrected chi connectivity index (χ1v) is 8.23. The molecule has 2 aromatic rings. The summed E-state index contributed by atoms with van der Waals surface area (Å²) in [4.78, 5) is 35.2. The zero-order valence-corrected chi connectivity index (χ0v) is 14.7. The van der Waals surface area contributed by atoms with E-state index in [1.54, 1.807) is 31.2 Å². The van der Waals surface area contributed by atoms with Crippen LogP contribution >= 0.6 is 0 Å². The molecule has 1 aliphatic rings.